The number of hydrogen-bond acceptors (Lipinski definition) is 2. The summed E-state index contributed by atoms with van der Waals surface area (Å²) in [4.78, 5) is 0.409. The molecule has 1 fully saturated rings. The molecule has 1 aliphatic carbocycles. The van der Waals surface area contributed by atoms with Gasteiger partial charge in [-0.1, -0.05) is 26.1 Å². The molecule has 0 saturated heterocycles. The summed E-state index contributed by atoms with van der Waals surface area (Å²) in [7, 11) is 0. The molecular weight excluding hydrogens is 322 g/mol. The van der Waals surface area contributed by atoms with Gasteiger partial charge in [-0.3, -0.25) is 0 Å². The average molecular weight is 342 g/mol. The summed E-state index contributed by atoms with van der Waals surface area (Å²) in [5, 5.41) is 0. The second-order valence-corrected chi connectivity index (χ2v) is 7.29. The van der Waals surface area contributed by atoms with E-state index in [1.165, 1.54) is 12.8 Å². The van der Waals surface area contributed by atoms with Gasteiger partial charge in [-0.25, -0.2) is 0 Å². The summed E-state index contributed by atoms with van der Waals surface area (Å²) >= 11 is 8.49. The van der Waals surface area contributed by atoms with Gasteiger partial charge in [-0.2, -0.15) is 0 Å². The molecule has 19 heavy (non-hydrogen) atoms. The molecule has 0 aromatic heterocycles. The van der Waals surface area contributed by atoms with Crippen LogP contribution in [0.2, 0.25) is 0 Å². The highest BCUT2D eigenvalue weighted by atomic mass is 79.9. The molecule has 2 rings (SSSR count). The molecule has 104 valence electrons. The normalized spacial score (nSPS) is 19.1. The van der Waals surface area contributed by atoms with E-state index in [4.69, 9.17) is 22.7 Å². The zero-order chi connectivity index (χ0) is 14.0. The molecule has 0 spiro atoms. The van der Waals surface area contributed by atoms with Gasteiger partial charge >= 0.3 is 0 Å². The van der Waals surface area contributed by atoms with E-state index in [2.05, 4.69) is 29.8 Å². The largest absolute Gasteiger partial charge is 0.489 e. The molecule has 0 atom stereocenters. The lowest BCUT2D eigenvalue weighted by Crippen LogP contribution is -2.28. The number of benzene rings is 1. The van der Waals surface area contributed by atoms with Gasteiger partial charge in [0.15, 0.2) is 0 Å². The third kappa shape index (κ3) is 3.93. The Morgan fingerprint density at radius 3 is 2.53 bits per heavy atom. The molecule has 0 aliphatic heterocycles. The molecule has 0 unspecified atom stereocenters. The maximum atomic E-state index is 6.08. The van der Waals surface area contributed by atoms with Crippen molar-refractivity contribution in [2.75, 3.05) is 0 Å². The van der Waals surface area contributed by atoms with Crippen molar-refractivity contribution in [1.82, 2.24) is 0 Å². The second kappa shape index (κ2) is 5.80. The van der Waals surface area contributed by atoms with Gasteiger partial charge in [0.2, 0.25) is 0 Å². The van der Waals surface area contributed by atoms with Crippen LogP contribution in [-0.2, 0) is 0 Å². The second-order valence-electron chi connectivity index (χ2n) is 5.99. The van der Waals surface area contributed by atoms with Gasteiger partial charge in [0.05, 0.1) is 10.6 Å². The van der Waals surface area contributed by atoms with E-state index in [9.17, 15) is 0 Å². The smallest absolute Gasteiger partial charge is 0.133 e. The molecule has 0 bridgehead atoms. The van der Waals surface area contributed by atoms with Crippen molar-refractivity contribution < 1.29 is 4.74 Å². The highest BCUT2D eigenvalue weighted by Gasteiger charge is 2.28. The predicted octanol–water partition coefficient (Wildman–Crippen LogP) is 4.43. The van der Waals surface area contributed by atoms with Crippen LogP contribution in [0.3, 0.4) is 0 Å². The number of hydrogen-bond donors (Lipinski definition) is 1. The van der Waals surface area contributed by atoms with Crippen molar-refractivity contribution in [3.05, 3.63) is 28.2 Å². The van der Waals surface area contributed by atoms with E-state index in [0.717, 1.165) is 28.6 Å². The van der Waals surface area contributed by atoms with Crippen molar-refractivity contribution in [2.24, 2.45) is 11.1 Å². The molecule has 1 aliphatic rings. The highest BCUT2D eigenvalue weighted by Crippen LogP contribution is 2.37. The van der Waals surface area contributed by atoms with E-state index >= 15 is 0 Å². The maximum absolute atomic E-state index is 6.08. The van der Waals surface area contributed by atoms with Gasteiger partial charge < -0.3 is 10.5 Å². The summed E-state index contributed by atoms with van der Waals surface area (Å²) in [5.74, 6) is 0.879. The van der Waals surface area contributed by atoms with Crippen molar-refractivity contribution in [3.63, 3.8) is 0 Å². The van der Waals surface area contributed by atoms with Crippen LogP contribution < -0.4 is 10.5 Å². The third-order valence-corrected chi connectivity index (χ3v) is 4.65. The Balaban J connectivity index is 2.02. The zero-order valence-corrected chi connectivity index (χ0v) is 13.8. The van der Waals surface area contributed by atoms with Crippen LogP contribution in [0.1, 0.15) is 45.1 Å². The summed E-state index contributed by atoms with van der Waals surface area (Å²) in [6.45, 7) is 4.66. The first-order chi connectivity index (χ1) is 8.87. The lowest BCUT2D eigenvalue weighted by atomic mass is 9.76. The molecule has 0 radical (unpaired) electrons. The van der Waals surface area contributed by atoms with Gasteiger partial charge in [-0.05, 0) is 65.2 Å². The maximum Gasteiger partial charge on any atom is 0.133 e. The molecular formula is C15H20BrNOS. The number of thiocarbonyl (C=S) groups is 1. The molecule has 2 nitrogen and oxygen atoms in total. The van der Waals surface area contributed by atoms with Crippen molar-refractivity contribution in [2.45, 2.75) is 45.6 Å². The van der Waals surface area contributed by atoms with Crippen molar-refractivity contribution in [1.29, 1.82) is 0 Å². The van der Waals surface area contributed by atoms with Gasteiger partial charge in [-0.15, -0.1) is 0 Å². The summed E-state index contributed by atoms with van der Waals surface area (Å²) < 4.78 is 7.00. The van der Waals surface area contributed by atoms with Crippen LogP contribution in [-0.4, -0.2) is 11.1 Å². The van der Waals surface area contributed by atoms with E-state index in [1.807, 2.05) is 18.2 Å². The predicted molar refractivity (Wildman–Crippen MR) is 86.7 cm³/mol. The SMILES string of the molecule is CC1(C)CCC(Oc2ccc(C(N)=S)cc2Br)CC1. The minimum atomic E-state index is 0.319. The Labute approximate surface area is 128 Å². The number of halogens is 1. The first kappa shape index (κ1) is 14.8. The van der Waals surface area contributed by atoms with Gasteiger partial charge in [0.1, 0.15) is 10.7 Å². The van der Waals surface area contributed by atoms with Crippen molar-refractivity contribution >= 4 is 33.1 Å². The first-order valence-electron chi connectivity index (χ1n) is 6.63. The molecule has 4 heteroatoms. The Bertz CT molecular complexity index is 477. The summed E-state index contributed by atoms with van der Waals surface area (Å²) in [6.07, 6.45) is 5.01. The van der Waals surface area contributed by atoms with E-state index in [-0.39, 0.29) is 0 Å². The van der Waals surface area contributed by atoms with Crippen LogP contribution in [0.15, 0.2) is 22.7 Å². The summed E-state index contributed by atoms with van der Waals surface area (Å²) in [5.41, 5.74) is 6.94. The molecule has 1 saturated carbocycles. The fraction of sp³-hybridized carbons (Fsp3) is 0.533. The molecule has 1 aromatic carbocycles. The Hall–Kier alpha value is -0.610. The number of ether oxygens (including phenoxy) is 1. The molecule has 0 heterocycles. The standard InChI is InChI=1S/C15H20BrNOS/c1-15(2)7-5-11(6-8-15)18-13-4-3-10(14(17)19)9-12(13)16/h3-4,9,11H,5-8H2,1-2H3,(H2,17,19). The first-order valence-corrected chi connectivity index (χ1v) is 7.83. The molecule has 0 amide bonds. The Morgan fingerprint density at radius 2 is 2.00 bits per heavy atom. The quantitative estimate of drug-likeness (QED) is 0.826. The van der Waals surface area contributed by atoms with Crippen LogP contribution in [0.5, 0.6) is 5.75 Å². The van der Waals surface area contributed by atoms with E-state index in [0.29, 0.717) is 16.5 Å². The average Bonchev–Trinajstić information content (AvgIpc) is 2.34. The van der Waals surface area contributed by atoms with Crippen LogP contribution in [0.4, 0.5) is 0 Å². The van der Waals surface area contributed by atoms with Gasteiger partial charge in [0.25, 0.3) is 0 Å². The summed E-state index contributed by atoms with van der Waals surface area (Å²) in [6, 6.07) is 5.78. The van der Waals surface area contributed by atoms with Crippen LogP contribution in [0, 0.1) is 5.41 Å². The van der Waals surface area contributed by atoms with E-state index < -0.39 is 0 Å². The lowest BCUT2D eigenvalue weighted by Gasteiger charge is -2.34. The minimum Gasteiger partial charge on any atom is -0.489 e. The number of nitrogens with two attached hydrogens (primary N) is 1. The third-order valence-electron chi connectivity index (χ3n) is 3.80. The zero-order valence-electron chi connectivity index (χ0n) is 11.4. The van der Waals surface area contributed by atoms with E-state index in [1.54, 1.807) is 0 Å². The highest BCUT2D eigenvalue weighted by molar-refractivity contribution is 9.10. The lowest BCUT2D eigenvalue weighted by molar-refractivity contribution is 0.0981. The molecule has 1 aromatic rings. The topological polar surface area (TPSA) is 35.2 Å². The fourth-order valence-corrected chi connectivity index (χ4v) is 3.02. The monoisotopic (exact) mass is 341 g/mol. The minimum absolute atomic E-state index is 0.319. The Morgan fingerprint density at radius 1 is 1.37 bits per heavy atom. The number of rotatable bonds is 3. The van der Waals surface area contributed by atoms with Crippen LogP contribution in [0.25, 0.3) is 0 Å². The fourth-order valence-electron chi connectivity index (χ4n) is 2.42. The van der Waals surface area contributed by atoms with Crippen molar-refractivity contribution in [3.8, 4) is 5.75 Å². The molecule has 2 N–H and O–H groups in total. The Kier molecular flexibility index (Phi) is 4.51. The van der Waals surface area contributed by atoms with Crippen LogP contribution >= 0.6 is 28.1 Å². The van der Waals surface area contributed by atoms with Gasteiger partial charge in [0, 0.05) is 5.56 Å².